The Bertz CT molecular complexity index is 392. The largest absolute Gasteiger partial charge is 0.379 e. The van der Waals surface area contributed by atoms with Gasteiger partial charge in [0.15, 0.2) is 5.96 Å². The average molecular weight is 361 g/mol. The second-order valence-corrected chi connectivity index (χ2v) is 9.49. The van der Waals surface area contributed by atoms with Gasteiger partial charge in [0.2, 0.25) is 0 Å². The molecule has 1 atom stereocenters. The number of aliphatic imine (C=N–C) groups is 1. The number of hydrogen-bond acceptors (Lipinski definition) is 5. The molecular formula is C16H32N4OS2. The normalized spacial score (nSPS) is 27.2. The lowest BCUT2D eigenvalue weighted by Crippen LogP contribution is -2.60. The number of guanidine groups is 1. The molecule has 2 fully saturated rings. The van der Waals surface area contributed by atoms with Crippen molar-refractivity contribution in [3.63, 3.8) is 0 Å². The van der Waals surface area contributed by atoms with E-state index in [9.17, 15) is 0 Å². The molecule has 2 saturated heterocycles. The Balaban J connectivity index is 1.89. The molecule has 2 aliphatic heterocycles. The third kappa shape index (κ3) is 5.44. The molecule has 0 amide bonds. The van der Waals surface area contributed by atoms with Crippen molar-refractivity contribution in [1.82, 2.24) is 15.5 Å². The quantitative estimate of drug-likeness (QED) is 0.553. The van der Waals surface area contributed by atoms with Gasteiger partial charge in [-0.1, -0.05) is 0 Å². The van der Waals surface area contributed by atoms with E-state index in [1.807, 2.05) is 18.8 Å². The van der Waals surface area contributed by atoms with Crippen LogP contribution < -0.4 is 10.6 Å². The highest BCUT2D eigenvalue weighted by Crippen LogP contribution is 2.33. The summed E-state index contributed by atoms with van der Waals surface area (Å²) in [6.45, 7) is 10.2. The fourth-order valence-electron chi connectivity index (χ4n) is 2.97. The maximum absolute atomic E-state index is 5.53. The van der Waals surface area contributed by atoms with Crippen molar-refractivity contribution in [2.75, 3.05) is 64.2 Å². The molecule has 0 saturated carbocycles. The van der Waals surface area contributed by atoms with Crippen LogP contribution in [0.3, 0.4) is 0 Å². The highest BCUT2D eigenvalue weighted by atomic mass is 32.2. The maximum Gasteiger partial charge on any atom is 0.191 e. The molecule has 0 radical (unpaired) electrons. The Morgan fingerprint density at radius 2 is 2.09 bits per heavy atom. The summed E-state index contributed by atoms with van der Waals surface area (Å²) in [5, 5.41) is 7.05. The van der Waals surface area contributed by atoms with E-state index < -0.39 is 0 Å². The Labute approximate surface area is 149 Å². The molecule has 0 spiro atoms. The van der Waals surface area contributed by atoms with Gasteiger partial charge in [-0.25, -0.2) is 0 Å². The van der Waals surface area contributed by atoms with Crippen LogP contribution in [-0.4, -0.2) is 85.3 Å². The van der Waals surface area contributed by atoms with Crippen molar-refractivity contribution >= 4 is 29.5 Å². The molecule has 1 unspecified atom stereocenters. The summed E-state index contributed by atoms with van der Waals surface area (Å²) in [5.41, 5.74) is 0.251. The van der Waals surface area contributed by atoms with E-state index in [2.05, 4.69) is 52.4 Å². The summed E-state index contributed by atoms with van der Waals surface area (Å²) in [6, 6.07) is 0. The lowest BCUT2D eigenvalue weighted by atomic mass is 9.95. The van der Waals surface area contributed by atoms with Crippen LogP contribution in [0.25, 0.3) is 0 Å². The predicted molar refractivity (Wildman–Crippen MR) is 104 cm³/mol. The fraction of sp³-hybridized carbons (Fsp3) is 0.938. The molecule has 7 heteroatoms. The zero-order valence-corrected chi connectivity index (χ0v) is 16.6. The number of thioether (sulfide) groups is 2. The van der Waals surface area contributed by atoms with Gasteiger partial charge in [-0.3, -0.25) is 9.89 Å². The van der Waals surface area contributed by atoms with E-state index in [-0.39, 0.29) is 10.3 Å². The number of rotatable bonds is 6. The van der Waals surface area contributed by atoms with Crippen molar-refractivity contribution in [2.24, 2.45) is 4.99 Å². The highest BCUT2D eigenvalue weighted by Gasteiger charge is 2.40. The second kappa shape index (κ2) is 8.83. The van der Waals surface area contributed by atoms with E-state index in [1.54, 1.807) is 0 Å². The molecule has 0 aliphatic carbocycles. The third-order valence-corrected chi connectivity index (χ3v) is 7.29. The van der Waals surface area contributed by atoms with E-state index in [0.29, 0.717) is 0 Å². The first-order chi connectivity index (χ1) is 11.0. The Hall–Kier alpha value is -0.110. The Kier molecular flexibility index (Phi) is 7.38. The molecule has 0 bridgehead atoms. The summed E-state index contributed by atoms with van der Waals surface area (Å²) in [7, 11) is 1.85. The topological polar surface area (TPSA) is 48.9 Å². The molecule has 23 heavy (non-hydrogen) atoms. The first-order valence-corrected chi connectivity index (χ1v) is 10.8. The minimum atomic E-state index is 0.211. The van der Waals surface area contributed by atoms with Gasteiger partial charge in [0.1, 0.15) is 0 Å². The number of morpholine rings is 1. The monoisotopic (exact) mass is 360 g/mol. The van der Waals surface area contributed by atoms with Crippen LogP contribution in [-0.2, 0) is 4.74 Å². The summed E-state index contributed by atoms with van der Waals surface area (Å²) in [5.74, 6) is 3.37. The van der Waals surface area contributed by atoms with Gasteiger partial charge in [-0.05, 0) is 32.3 Å². The zero-order valence-electron chi connectivity index (χ0n) is 15.0. The smallest absolute Gasteiger partial charge is 0.191 e. The minimum Gasteiger partial charge on any atom is -0.379 e. The lowest BCUT2D eigenvalue weighted by Gasteiger charge is -2.43. The van der Waals surface area contributed by atoms with Crippen LogP contribution in [0.1, 0.15) is 20.3 Å². The molecule has 0 aromatic heterocycles. The molecule has 2 aliphatic rings. The first kappa shape index (κ1) is 19.2. The Morgan fingerprint density at radius 1 is 1.35 bits per heavy atom. The van der Waals surface area contributed by atoms with Crippen LogP contribution in [0.5, 0.6) is 0 Å². The molecule has 2 rings (SSSR count). The van der Waals surface area contributed by atoms with Crippen molar-refractivity contribution < 1.29 is 4.74 Å². The number of nitrogens with one attached hydrogen (secondary N) is 2. The van der Waals surface area contributed by atoms with E-state index in [1.165, 1.54) is 17.9 Å². The van der Waals surface area contributed by atoms with E-state index in [0.717, 1.165) is 45.4 Å². The van der Waals surface area contributed by atoms with Crippen molar-refractivity contribution in [3.05, 3.63) is 0 Å². The molecule has 0 aromatic carbocycles. The molecule has 2 heterocycles. The molecule has 5 nitrogen and oxygen atoms in total. The van der Waals surface area contributed by atoms with Crippen LogP contribution in [0, 0.1) is 0 Å². The summed E-state index contributed by atoms with van der Waals surface area (Å²) < 4.78 is 5.74. The van der Waals surface area contributed by atoms with Crippen LogP contribution in [0.4, 0.5) is 0 Å². The van der Waals surface area contributed by atoms with Gasteiger partial charge in [0.25, 0.3) is 0 Å². The van der Waals surface area contributed by atoms with Gasteiger partial charge in [0, 0.05) is 49.3 Å². The van der Waals surface area contributed by atoms with Gasteiger partial charge < -0.3 is 15.4 Å². The van der Waals surface area contributed by atoms with Crippen molar-refractivity contribution in [1.29, 1.82) is 0 Å². The second-order valence-electron chi connectivity index (χ2n) is 6.87. The highest BCUT2D eigenvalue weighted by molar-refractivity contribution is 8.00. The first-order valence-electron chi connectivity index (χ1n) is 8.42. The van der Waals surface area contributed by atoms with Crippen LogP contribution in [0.2, 0.25) is 0 Å². The van der Waals surface area contributed by atoms with Gasteiger partial charge in [-0.2, -0.15) is 23.5 Å². The van der Waals surface area contributed by atoms with Crippen LogP contribution in [0.15, 0.2) is 4.99 Å². The van der Waals surface area contributed by atoms with Gasteiger partial charge in [0.05, 0.1) is 13.2 Å². The minimum absolute atomic E-state index is 0.211. The van der Waals surface area contributed by atoms with Crippen molar-refractivity contribution in [2.45, 2.75) is 30.6 Å². The van der Waals surface area contributed by atoms with Gasteiger partial charge in [-0.15, -0.1) is 0 Å². The van der Waals surface area contributed by atoms with Gasteiger partial charge >= 0.3 is 0 Å². The van der Waals surface area contributed by atoms with E-state index in [4.69, 9.17) is 4.74 Å². The molecule has 134 valence electrons. The predicted octanol–water partition coefficient (Wildman–Crippen LogP) is 1.50. The number of ether oxygens (including phenoxy) is 1. The molecule has 0 aromatic rings. The summed E-state index contributed by atoms with van der Waals surface area (Å²) in [4.78, 5) is 7.03. The standard InChI is InChI=1S/C16H32N4OS2/c1-15(2,22-4)11-18-14(17-3)19-12-16(5-10-23-13-16)20-6-8-21-9-7-20/h5-13H2,1-4H3,(H2,17,18,19). The Morgan fingerprint density at radius 3 is 2.65 bits per heavy atom. The fourth-order valence-corrected chi connectivity index (χ4v) is 4.67. The zero-order chi connectivity index (χ0) is 16.8. The average Bonchev–Trinajstić information content (AvgIpc) is 3.06. The third-order valence-electron chi connectivity index (χ3n) is 4.81. The van der Waals surface area contributed by atoms with E-state index >= 15 is 0 Å². The molecule has 2 N–H and O–H groups in total. The number of hydrogen-bond donors (Lipinski definition) is 2. The molecular weight excluding hydrogens is 328 g/mol. The summed E-state index contributed by atoms with van der Waals surface area (Å²) in [6.07, 6.45) is 3.40. The maximum atomic E-state index is 5.53. The summed E-state index contributed by atoms with van der Waals surface area (Å²) >= 11 is 3.94. The number of nitrogens with zero attached hydrogens (tertiary/aromatic N) is 2. The van der Waals surface area contributed by atoms with Crippen LogP contribution >= 0.6 is 23.5 Å². The van der Waals surface area contributed by atoms with Crippen molar-refractivity contribution in [3.8, 4) is 0 Å². The SMILES string of the molecule is CN=C(NCC(C)(C)SC)NCC1(N2CCOCC2)CCSC1. The lowest BCUT2D eigenvalue weighted by molar-refractivity contribution is -0.0120.